The average molecular weight is 484 g/mol. The summed E-state index contributed by atoms with van der Waals surface area (Å²) in [4.78, 5) is 26.5. The van der Waals surface area contributed by atoms with Crippen LogP contribution in [0.15, 0.2) is 24.3 Å². The van der Waals surface area contributed by atoms with Gasteiger partial charge in [-0.25, -0.2) is 9.18 Å². The third kappa shape index (κ3) is 5.09. The molecule has 1 amide bonds. The molecule has 0 aliphatic carbocycles. The Morgan fingerprint density at radius 1 is 1.22 bits per heavy atom. The summed E-state index contributed by atoms with van der Waals surface area (Å²) in [6.07, 6.45) is 0.614. The Hall–Kier alpha value is -2.55. The minimum absolute atomic E-state index is 0.00936. The van der Waals surface area contributed by atoms with E-state index in [1.54, 1.807) is 11.0 Å². The molecule has 0 bridgehead atoms. The molecule has 0 aromatic heterocycles. The van der Waals surface area contributed by atoms with E-state index >= 15 is 0 Å². The van der Waals surface area contributed by atoms with E-state index in [1.807, 2.05) is 13.0 Å². The second-order valence-electron chi connectivity index (χ2n) is 7.35. The van der Waals surface area contributed by atoms with Crippen LogP contribution in [0.25, 0.3) is 0 Å². The van der Waals surface area contributed by atoms with E-state index in [0.717, 1.165) is 17.2 Å². The number of methoxy groups -OCH3 is 1. The molecule has 32 heavy (non-hydrogen) atoms. The largest absolute Gasteiger partial charge is 0.465 e. The molecule has 1 aliphatic rings. The smallest absolute Gasteiger partial charge is 0.340 e. The number of aliphatic hydroxyl groups is 1. The van der Waals surface area contributed by atoms with Crippen LogP contribution in [0, 0.1) is 5.82 Å². The lowest BCUT2D eigenvalue weighted by atomic mass is 9.93. The van der Waals surface area contributed by atoms with Gasteiger partial charge in [0.1, 0.15) is 5.82 Å². The highest BCUT2D eigenvalue weighted by Gasteiger charge is 2.29. The van der Waals surface area contributed by atoms with E-state index in [2.05, 4.69) is 15.4 Å². The number of nitrogens with one attached hydrogen (secondary N) is 2. The fraction of sp³-hybridized carbons (Fsp3) is 0.364. The third-order valence-corrected chi connectivity index (χ3v) is 5.91. The van der Waals surface area contributed by atoms with Crippen LogP contribution in [0.2, 0.25) is 10.0 Å². The summed E-state index contributed by atoms with van der Waals surface area (Å²) < 4.78 is 19.3. The second-order valence-corrected chi connectivity index (χ2v) is 8.19. The van der Waals surface area contributed by atoms with Crippen molar-refractivity contribution in [3.63, 3.8) is 0 Å². The molecular weight excluding hydrogens is 460 g/mol. The first-order valence-electron chi connectivity index (χ1n) is 10.0. The molecule has 1 atom stereocenters. The summed E-state index contributed by atoms with van der Waals surface area (Å²) in [5, 5.41) is 15.8. The summed E-state index contributed by atoms with van der Waals surface area (Å²) in [7, 11) is 1.19. The average Bonchev–Trinajstić information content (AvgIpc) is 2.76. The zero-order valence-electron chi connectivity index (χ0n) is 17.7. The SMILES string of the molecule is COC(=O)c1cc(F)c(NCC(=O)N2CCc3cc(Cl)cc(Cl)c3C2C)cc1NCCO. The number of rotatable bonds is 7. The van der Waals surface area contributed by atoms with Gasteiger partial charge >= 0.3 is 5.97 Å². The number of carbonyl (C=O) groups excluding carboxylic acids is 2. The number of aliphatic hydroxyl groups excluding tert-OH is 1. The van der Waals surface area contributed by atoms with E-state index in [4.69, 9.17) is 28.3 Å². The van der Waals surface area contributed by atoms with Crippen molar-refractivity contribution >= 4 is 46.5 Å². The fourth-order valence-corrected chi connectivity index (χ4v) is 4.53. The zero-order chi connectivity index (χ0) is 23.4. The molecule has 1 unspecified atom stereocenters. The van der Waals surface area contributed by atoms with Crippen molar-refractivity contribution in [3.05, 3.63) is 56.8 Å². The lowest BCUT2D eigenvalue weighted by Gasteiger charge is -2.36. The van der Waals surface area contributed by atoms with Crippen molar-refractivity contribution in [1.82, 2.24) is 4.90 Å². The van der Waals surface area contributed by atoms with E-state index in [9.17, 15) is 14.0 Å². The monoisotopic (exact) mass is 483 g/mol. The Morgan fingerprint density at radius 3 is 2.66 bits per heavy atom. The van der Waals surface area contributed by atoms with E-state index in [1.165, 1.54) is 13.2 Å². The molecule has 0 fully saturated rings. The number of halogens is 3. The van der Waals surface area contributed by atoms with Crippen LogP contribution in [-0.4, -0.2) is 55.2 Å². The second kappa shape index (κ2) is 10.4. The van der Waals surface area contributed by atoms with Gasteiger partial charge in [0.05, 0.1) is 43.2 Å². The van der Waals surface area contributed by atoms with Crippen molar-refractivity contribution in [1.29, 1.82) is 0 Å². The summed E-state index contributed by atoms with van der Waals surface area (Å²) in [6, 6.07) is 5.66. The third-order valence-electron chi connectivity index (χ3n) is 5.38. The lowest BCUT2D eigenvalue weighted by Crippen LogP contribution is -2.42. The maximum absolute atomic E-state index is 14.6. The van der Waals surface area contributed by atoms with E-state index in [-0.39, 0.29) is 48.6 Å². The van der Waals surface area contributed by atoms with Crippen molar-refractivity contribution in [3.8, 4) is 0 Å². The molecule has 0 radical (unpaired) electrons. The molecule has 2 aromatic carbocycles. The van der Waals surface area contributed by atoms with Crippen molar-refractivity contribution in [2.45, 2.75) is 19.4 Å². The summed E-state index contributed by atoms with van der Waals surface area (Å²) in [5.41, 5.74) is 2.19. The van der Waals surface area contributed by atoms with Crippen molar-refractivity contribution < 1.29 is 23.8 Å². The van der Waals surface area contributed by atoms with Crippen LogP contribution in [-0.2, 0) is 16.0 Å². The van der Waals surface area contributed by atoms with Gasteiger partial charge in [-0.15, -0.1) is 0 Å². The number of fused-ring (bicyclic) bond motifs is 1. The van der Waals surface area contributed by atoms with Crippen LogP contribution in [0.4, 0.5) is 15.8 Å². The van der Waals surface area contributed by atoms with Gasteiger partial charge in [-0.1, -0.05) is 23.2 Å². The Morgan fingerprint density at radius 2 is 1.97 bits per heavy atom. The highest BCUT2D eigenvalue weighted by Crippen LogP contribution is 2.37. The topological polar surface area (TPSA) is 90.9 Å². The van der Waals surface area contributed by atoms with Gasteiger partial charge in [-0.2, -0.15) is 0 Å². The van der Waals surface area contributed by atoms with Crippen LogP contribution in [0.1, 0.15) is 34.5 Å². The molecule has 10 heteroatoms. The number of carbonyl (C=O) groups is 2. The number of hydrogen-bond donors (Lipinski definition) is 3. The van der Waals surface area contributed by atoms with Crippen molar-refractivity contribution in [2.75, 3.05) is 44.0 Å². The van der Waals surface area contributed by atoms with Gasteiger partial charge in [0.2, 0.25) is 5.91 Å². The Kier molecular flexibility index (Phi) is 7.82. The minimum Gasteiger partial charge on any atom is -0.465 e. The Labute approximate surface area is 195 Å². The van der Waals surface area contributed by atoms with E-state index in [0.29, 0.717) is 23.0 Å². The number of ether oxygens (including phenoxy) is 1. The normalized spacial score (nSPS) is 15.2. The Balaban J connectivity index is 1.76. The molecule has 7 nitrogen and oxygen atoms in total. The molecule has 0 spiro atoms. The Bertz CT molecular complexity index is 1030. The predicted molar refractivity (Wildman–Crippen MR) is 122 cm³/mol. The quantitative estimate of drug-likeness (QED) is 0.517. The lowest BCUT2D eigenvalue weighted by molar-refractivity contribution is -0.131. The number of hydrogen-bond acceptors (Lipinski definition) is 6. The molecular formula is C22H24Cl2FN3O4. The summed E-state index contributed by atoms with van der Waals surface area (Å²) in [6.45, 7) is 2.19. The molecule has 3 rings (SSSR count). The van der Waals surface area contributed by atoms with Crippen LogP contribution in [0.3, 0.4) is 0 Å². The van der Waals surface area contributed by atoms with Crippen LogP contribution < -0.4 is 10.6 Å². The minimum atomic E-state index is -0.718. The van der Waals surface area contributed by atoms with Crippen molar-refractivity contribution in [2.24, 2.45) is 0 Å². The first-order valence-corrected chi connectivity index (χ1v) is 10.8. The first-order chi connectivity index (χ1) is 15.3. The maximum atomic E-state index is 14.6. The van der Waals surface area contributed by atoms with Gasteiger partial charge in [-0.3, -0.25) is 4.79 Å². The summed E-state index contributed by atoms with van der Waals surface area (Å²) in [5.74, 6) is -1.65. The first kappa shape index (κ1) is 24.1. The zero-order valence-corrected chi connectivity index (χ0v) is 19.2. The number of amides is 1. The number of benzene rings is 2. The number of anilines is 2. The van der Waals surface area contributed by atoms with Gasteiger partial charge in [-0.05, 0) is 48.7 Å². The standard InChI is InChI=1S/C22H24Cl2FN3O4/c1-12-21-13(7-14(23)8-16(21)24)3-5-28(12)20(30)11-27-19-10-18(26-4-6-29)15(9-17(19)25)22(31)32-2/h7-10,12,26-27,29H,3-6,11H2,1-2H3. The maximum Gasteiger partial charge on any atom is 0.340 e. The van der Waals surface area contributed by atoms with Crippen LogP contribution in [0.5, 0.6) is 0 Å². The molecule has 0 saturated heterocycles. The number of nitrogens with zero attached hydrogens (tertiary/aromatic N) is 1. The molecule has 172 valence electrons. The highest BCUT2D eigenvalue weighted by molar-refractivity contribution is 6.35. The summed E-state index contributed by atoms with van der Waals surface area (Å²) >= 11 is 12.5. The van der Waals surface area contributed by atoms with E-state index < -0.39 is 11.8 Å². The van der Waals surface area contributed by atoms with Gasteiger partial charge in [0, 0.05) is 23.1 Å². The predicted octanol–water partition coefficient (Wildman–Crippen LogP) is 3.88. The van der Waals surface area contributed by atoms with Gasteiger partial charge in [0.25, 0.3) is 0 Å². The van der Waals surface area contributed by atoms with Crippen LogP contribution >= 0.6 is 23.2 Å². The number of esters is 1. The fourth-order valence-electron chi connectivity index (χ4n) is 3.84. The molecule has 1 aliphatic heterocycles. The molecule has 0 saturated carbocycles. The molecule has 3 N–H and O–H groups in total. The molecule has 1 heterocycles. The molecule has 2 aromatic rings. The highest BCUT2D eigenvalue weighted by atomic mass is 35.5. The van der Waals surface area contributed by atoms with Gasteiger partial charge in [0.15, 0.2) is 0 Å². The van der Waals surface area contributed by atoms with Gasteiger partial charge < -0.3 is 25.4 Å².